The Hall–Kier alpha value is -1.95. The maximum atomic E-state index is 6.12. The van der Waals surface area contributed by atoms with Gasteiger partial charge < -0.3 is 15.4 Å². The molecule has 2 N–H and O–H groups in total. The first-order valence-corrected chi connectivity index (χ1v) is 7.08. The van der Waals surface area contributed by atoms with Crippen LogP contribution in [0.15, 0.2) is 18.5 Å². The van der Waals surface area contributed by atoms with Crippen molar-refractivity contribution in [2.24, 2.45) is 0 Å². The number of nitrogens with zero attached hydrogens (tertiary/aromatic N) is 4. The van der Waals surface area contributed by atoms with Gasteiger partial charge in [0.25, 0.3) is 0 Å². The molecule has 1 saturated heterocycles. The van der Waals surface area contributed by atoms with Crippen LogP contribution in [-0.4, -0.2) is 39.2 Å². The molecular weight excluding hydrogens is 266 g/mol. The molecule has 2 aromatic heterocycles. The van der Waals surface area contributed by atoms with Gasteiger partial charge in [0.2, 0.25) is 0 Å². The highest BCUT2D eigenvalue weighted by molar-refractivity contribution is 5.87. The summed E-state index contributed by atoms with van der Waals surface area (Å²) in [6.07, 6.45) is 1.54. The van der Waals surface area contributed by atoms with E-state index in [0.29, 0.717) is 11.5 Å². The van der Waals surface area contributed by atoms with E-state index in [1.807, 2.05) is 6.07 Å². The maximum absolute atomic E-state index is 6.12. The molecule has 1 aliphatic rings. The van der Waals surface area contributed by atoms with E-state index in [1.165, 1.54) is 0 Å². The van der Waals surface area contributed by atoms with Gasteiger partial charge in [-0.1, -0.05) is 0 Å². The smallest absolute Gasteiger partial charge is 0.166 e. The first-order valence-electron chi connectivity index (χ1n) is 7.08. The normalized spacial score (nSPS) is 20.7. The largest absolute Gasteiger partial charge is 0.384 e. The average Bonchev–Trinajstić information content (AvgIpc) is 2.33. The van der Waals surface area contributed by atoms with Crippen LogP contribution >= 0.6 is 0 Å². The molecular formula is C15H21N5O. The zero-order valence-electron chi connectivity index (χ0n) is 12.9. The second-order valence-corrected chi connectivity index (χ2v) is 6.78. The van der Waals surface area contributed by atoms with Crippen molar-refractivity contribution in [3.63, 3.8) is 0 Å². The van der Waals surface area contributed by atoms with Gasteiger partial charge in [0.15, 0.2) is 5.65 Å². The number of ether oxygens (including phenoxy) is 1. The highest BCUT2D eigenvalue weighted by Crippen LogP contribution is 2.33. The number of morpholine rings is 1. The van der Waals surface area contributed by atoms with Gasteiger partial charge in [0.1, 0.15) is 18.0 Å². The molecule has 0 aromatic carbocycles. The van der Waals surface area contributed by atoms with Gasteiger partial charge in [-0.3, -0.25) is 0 Å². The Kier molecular flexibility index (Phi) is 3.02. The lowest BCUT2D eigenvalue weighted by Crippen LogP contribution is -2.57. The van der Waals surface area contributed by atoms with Crippen LogP contribution in [0.5, 0.6) is 0 Å². The average molecular weight is 287 g/mol. The molecule has 0 radical (unpaired) electrons. The fourth-order valence-electron chi connectivity index (χ4n) is 3.13. The monoisotopic (exact) mass is 287 g/mol. The summed E-state index contributed by atoms with van der Waals surface area (Å²) in [6.45, 7) is 9.93. The van der Waals surface area contributed by atoms with Crippen LogP contribution in [0.1, 0.15) is 27.7 Å². The van der Waals surface area contributed by atoms with Gasteiger partial charge in [-0.15, -0.1) is 0 Å². The highest BCUT2D eigenvalue weighted by Gasteiger charge is 2.39. The fraction of sp³-hybridized carbons (Fsp3) is 0.533. The molecule has 112 valence electrons. The van der Waals surface area contributed by atoms with E-state index in [-0.39, 0.29) is 11.2 Å². The van der Waals surface area contributed by atoms with Crippen LogP contribution in [0, 0.1) is 0 Å². The van der Waals surface area contributed by atoms with Gasteiger partial charge in [-0.2, -0.15) is 0 Å². The number of hydrogen-bond donors (Lipinski definition) is 1. The summed E-state index contributed by atoms with van der Waals surface area (Å²) < 4.78 is 6.12. The minimum Gasteiger partial charge on any atom is -0.384 e. The van der Waals surface area contributed by atoms with Crippen LogP contribution in [0.4, 0.5) is 11.6 Å². The highest BCUT2D eigenvalue weighted by atomic mass is 16.5. The van der Waals surface area contributed by atoms with E-state index in [4.69, 9.17) is 10.5 Å². The summed E-state index contributed by atoms with van der Waals surface area (Å²) in [5.41, 5.74) is 5.89. The second kappa shape index (κ2) is 4.53. The molecule has 6 nitrogen and oxygen atoms in total. The Balaban J connectivity index is 2.07. The second-order valence-electron chi connectivity index (χ2n) is 6.78. The van der Waals surface area contributed by atoms with Gasteiger partial charge in [0.05, 0.1) is 16.6 Å². The van der Waals surface area contributed by atoms with E-state index >= 15 is 0 Å². The summed E-state index contributed by atoms with van der Waals surface area (Å²) in [5, 5.41) is 0.917. The van der Waals surface area contributed by atoms with Gasteiger partial charge in [-0.05, 0) is 39.8 Å². The van der Waals surface area contributed by atoms with E-state index in [1.54, 1.807) is 12.4 Å². The van der Waals surface area contributed by atoms with Crippen molar-refractivity contribution in [3.05, 3.63) is 18.5 Å². The van der Waals surface area contributed by atoms with Crippen molar-refractivity contribution in [2.45, 2.75) is 38.9 Å². The number of pyridine rings is 1. The van der Waals surface area contributed by atoms with Crippen LogP contribution in [0.3, 0.4) is 0 Å². The van der Waals surface area contributed by atoms with E-state index in [2.05, 4.69) is 47.5 Å². The predicted octanol–water partition coefficient (Wildman–Crippen LogP) is 2.00. The summed E-state index contributed by atoms with van der Waals surface area (Å²) in [4.78, 5) is 15.2. The minimum absolute atomic E-state index is 0.236. The third-order valence-corrected chi connectivity index (χ3v) is 3.49. The van der Waals surface area contributed by atoms with Crippen LogP contribution in [-0.2, 0) is 4.74 Å². The number of rotatable bonds is 1. The first-order chi connectivity index (χ1) is 9.76. The molecule has 3 heterocycles. The van der Waals surface area contributed by atoms with E-state index in [0.717, 1.165) is 24.3 Å². The summed E-state index contributed by atoms with van der Waals surface area (Å²) in [6, 6.07) is 3.72. The molecule has 1 fully saturated rings. The first kappa shape index (κ1) is 14.0. The lowest BCUT2D eigenvalue weighted by atomic mass is 9.98. The zero-order valence-corrected chi connectivity index (χ0v) is 12.9. The Labute approximate surface area is 124 Å². The molecule has 21 heavy (non-hydrogen) atoms. The topological polar surface area (TPSA) is 77.2 Å². The van der Waals surface area contributed by atoms with E-state index < -0.39 is 0 Å². The summed E-state index contributed by atoms with van der Waals surface area (Å²) in [5.74, 6) is 1.35. The van der Waals surface area contributed by atoms with Crippen molar-refractivity contribution >= 4 is 22.7 Å². The molecule has 2 aromatic rings. The van der Waals surface area contributed by atoms with E-state index in [9.17, 15) is 0 Å². The van der Waals surface area contributed by atoms with Crippen molar-refractivity contribution in [1.29, 1.82) is 0 Å². The summed E-state index contributed by atoms with van der Waals surface area (Å²) >= 11 is 0. The van der Waals surface area contributed by atoms with Gasteiger partial charge >= 0.3 is 0 Å². The molecule has 1 aliphatic heterocycles. The minimum atomic E-state index is -0.236. The molecule has 6 heteroatoms. The molecule has 3 rings (SSSR count). The number of anilines is 2. The SMILES string of the molecule is CC1(C)CN(c2ncnc3nc(N)ccc23)CC(C)(C)O1. The maximum Gasteiger partial charge on any atom is 0.166 e. The lowest BCUT2D eigenvalue weighted by Gasteiger charge is -2.47. The van der Waals surface area contributed by atoms with Crippen molar-refractivity contribution in [2.75, 3.05) is 23.7 Å². The van der Waals surface area contributed by atoms with Crippen LogP contribution in [0.2, 0.25) is 0 Å². The third-order valence-electron chi connectivity index (χ3n) is 3.49. The number of hydrogen-bond acceptors (Lipinski definition) is 6. The number of nitrogens with two attached hydrogens (primary N) is 1. The molecule has 0 spiro atoms. The third kappa shape index (κ3) is 2.76. The Morgan fingerprint density at radius 3 is 2.43 bits per heavy atom. The molecule has 0 aliphatic carbocycles. The Morgan fingerprint density at radius 2 is 1.76 bits per heavy atom. The van der Waals surface area contributed by atoms with Crippen molar-refractivity contribution in [1.82, 2.24) is 15.0 Å². The Bertz CT molecular complexity index is 667. The fourth-order valence-corrected chi connectivity index (χ4v) is 3.13. The summed E-state index contributed by atoms with van der Waals surface area (Å²) in [7, 11) is 0. The standard InChI is InChI=1S/C15H21N5O/c1-14(2)7-20(8-15(3,4)21-14)13-10-5-6-11(16)19-12(10)17-9-18-13/h5-6,9H,7-8H2,1-4H3,(H2,16,17,18,19). The molecule has 0 amide bonds. The van der Waals surface area contributed by atoms with Crippen LogP contribution < -0.4 is 10.6 Å². The lowest BCUT2D eigenvalue weighted by molar-refractivity contribution is -0.133. The number of aromatic nitrogens is 3. The number of fused-ring (bicyclic) bond motifs is 1. The van der Waals surface area contributed by atoms with Crippen molar-refractivity contribution < 1.29 is 4.74 Å². The molecule has 0 atom stereocenters. The molecule has 0 unspecified atom stereocenters. The van der Waals surface area contributed by atoms with Crippen molar-refractivity contribution in [3.8, 4) is 0 Å². The van der Waals surface area contributed by atoms with Crippen LogP contribution in [0.25, 0.3) is 11.0 Å². The van der Waals surface area contributed by atoms with Gasteiger partial charge in [0, 0.05) is 13.1 Å². The molecule has 0 saturated carbocycles. The Morgan fingerprint density at radius 1 is 1.10 bits per heavy atom. The quantitative estimate of drug-likeness (QED) is 0.864. The molecule has 0 bridgehead atoms. The number of nitrogen functional groups attached to an aromatic ring is 1. The zero-order chi connectivity index (χ0) is 15.3. The van der Waals surface area contributed by atoms with Gasteiger partial charge in [-0.25, -0.2) is 15.0 Å². The predicted molar refractivity (Wildman–Crippen MR) is 83.2 cm³/mol.